The Morgan fingerprint density at radius 2 is 1.50 bits per heavy atom. The molecule has 10 heteroatoms. The Morgan fingerprint density at radius 3 is 2.04 bits per heavy atom. The van der Waals surface area contributed by atoms with E-state index in [0.717, 1.165) is 12.3 Å². The maximum atomic E-state index is 13.4. The zero-order chi connectivity index (χ0) is 18.0. The normalized spacial score (nSPS) is 11.1. The predicted octanol–water partition coefficient (Wildman–Crippen LogP) is 3.25. The Labute approximate surface area is 131 Å². The van der Waals surface area contributed by atoms with Gasteiger partial charge in [-0.25, -0.2) is 22.0 Å². The highest BCUT2D eigenvalue weighted by atomic mass is 19.2. The number of hydrogen-bond acceptors (Lipinski definition) is 5. The van der Waals surface area contributed by atoms with E-state index in [0.29, 0.717) is 0 Å². The molecule has 0 spiro atoms. The number of ether oxygens (including phenoxy) is 1. The van der Waals surface area contributed by atoms with Gasteiger partial charge in [0.2, 0.25) is 11.6 Å². The van der Waals surface area contributed by atoms with Gasteiger partial charge in [-0.3, -0.25) is 5.43 Å². The van der Waals surface area contributed by atoms with Gasteiger partial charge >= 0.3 is 0 Å². The standard InChI is InChI=1S/C14H9F5N2O3/c1-24-7-3-5(2-6(22)14(7)23)4-20-21-13-11(18)9(16)8(15)10(17)12(13)19/h2-4,21-23H,1H3/b20-4+. The van der Waals surface area contributed by atoms with Crippen LogP contribution in [0.5, 0.6) is 17.2 Å². The highest BCUT2D eigenvalue weighted by Crippen LogP contribution is 2.35. The van der Waals surface area contributed by atoms with E-state index in [1.165, 1.54) is 13.2 Å². The van der Waals surface area contributed by atoms with Crippen molar-refractivity contribution in [3.8, 4) is 17.2 Å². The van der Waals surface area contributed by atoms with Crippen molar-refractivity contribution in [3.05, 3.63) is 46.8 Å². The van der Waals surface area contributed by atoms with Gasteiger partial charge in [0, 0.05) is 5.56 Å². The second kappa shape index (κ2) is 6.60. The van der Waals surface area contributed by atoms with Gasteiger partial charge in [0.1, 0.15) is 5.69 Å². The van der Waals surface area contributed by atoms with Gasteiger partial charge in [-0.15, -0.1) is 0 Å². The summed E-state index contributed by atoms with van der Waals surface area (Å²) in [5.74, 6) is -11.9. The Morgan fingerprint density at radius 1 is 0.958 bits per heavy atom. The summed E-state index contributed by atoms with van der Waals surface area (Å²) < 4.78 is 70.5. The van der Waals surface area contributed by atoms with Crippen LogP contribution in [-0.4, -0.2) is 23.5 Å². The van der Waals surface area contributed by atoms with Crippen LogP contribution in [0.2, 0.25) is 0 Å². The summed E-state index contributed by atoms with van der Waals surface area (Å²) in [7, 11) is 1.21. The SMILES string of the molecule is COc1cc(/C=N/Nc2c(F)c(F)c(F)c(F)c2F)cc(O)c1O. The summed E-state index contributed by atoms with van der Waals surface area (Å²) in [5, 5.41) is 22.2. The second-order valence-corrected chi connectivity index (χ2v) is 4.41. The molecular formula is C14H9F5N2O3. The van der Waals surface area contributed by atoms with Gasteiger partial charge in [0.25, 0.3) is 0 Å². The van der Waals surface area contributed by atoms with Crippen molar-refractivity contribution in [3.63, 3.8) is 0 Å². The molecule has 128 valence electrons. The molecule has 0 bridgehead atoms. The molecule has 0 fully saturated rings. The topological polar surface area (TPSA) is 74.1 Å². The zero-order valence-electron chi connectivity index (χ0n) is 11.9. The molecule has 0 radical (unpaired) electrons. The van der Waals surface area contributed by atoms with Crippen molar-refractivity contribution in [2.45, 2.75) is 0 Å². The van der Waals surface area contributed by atoms with E-state index in [2.05, 4.69) is 5.10 Å². The first kappa shape index (κ1) is 17.3. The molecule has 2 aromatic rings. The fraction of sp³-hybridized carbons (Fsp3) is 0.0714. The highest BCUT2D eigenvalue weighted by molar-refractivity contribution is 5.82. The molecule has 0 amide bonds. The molecule has 0 aromatic heterocycles. The number of phenols is 2. The third-order valence-electron chi connectivity index (χ3n) is 2.90. The molecule has 0 saturated carbocycles. The Kier molecular flexibility index (Phi) is 4.77. The summed E-state index contributed by atoms with van der Waals surface area (Å²) in [5.41, 5.74) is 0.472. The van der Waals surface area contributed by atoms with Gasteiger partial charge in [-0.1, -0.05) is 0 Å². The summed E-state index contributed by atoms with van der Waals surface area (Å²) in [6.45, 7) is 0. The minimum Gasteiger partial charge on any atom is -0.504 e. The monoisotopic (exact) mass is 348 g/mol. The zero-order valence-corrected chi connectivity index (χ0v) is 11.9. The first-order valence-corrected chi connectivity index (χ1v) is 6.18. The van der Waals surface area contributed by atoms with Crippen molar-refractivity contribution in [1.29, 1.82) is 0 Å². The average Bonchev–Trinajstić information content (AvgIpc) is 2.57. The van der Waals surface area contributed by atoms with E-state index >= 15 is 0 Å². The van der Waals surface area contributed by atoms with Crippen LogP contribution in [0.15, 0.2) is 17.2 Å². The lowest BCUT2D eigenvalue weighted by Crippen LogP contribution is -2.06. The molecule has 0 aliphatic rings. The number of halogens is 5. The largest absolute Gasteiger partial charge is 0.504 e. The van der Waals surface area contributed by atoms with Gasteiger partial charge in [-0.05, 0) is 12.1 Å². The van der Waals surface area contributed by atoms with Gasteiger partial charge in [-0.2, -0.15) is 5.10 Å². The first-order valence-electron chi connectivity index (χ1n) is 6.18. The van der Waals surface area contributed by atoms with Crippen LogP contribution in [0, 0.1) is 29.1 Å². The maximum Gasteiger partial charge on any atom is 0.200 e. The van der Waals surface area contributed by atoms with Crippen LogP contribution in [0.3, 0.4) is 0 Å². The summed E-state index contributed by atoms with van der Waals surface area (Å²) in [4.78, 5) is 0. The molecule has 2 aromatic carbocycles. The number of hydrazone groups is 1. The number of anilines is 1. The molecule has 0 heterocycles. The Balaban J connectivity index is 2.32. The van der Waals surface area contributed by atoms with E-state index in [4.69, 9.17) is 4.74 Å². The predicted molar refractivity (Wildman–Crippen MR) is 73.8 cm³/mol. The van der Waals surface area contributed by atoms with Crippen LogP contribution < -0.4 is 10.2 Å². The fourth-order valence-corrected chi connectivity index (χ4v) is 1.72. The summed E-state index contributed by atoms with van der Waals surface area (Å²) >= 11 is 0. The van der Waals surface area contributed by atoms with Crippen molar-refractivity contribution in [2.24, 2.45) is 5.10 Å². The number of methoxy groups -OCH3 is 1. The number of benzene rings is 2. The summed E-state index contributed by atoms with van der Waals surface area (Å²) in [6.07, 6.45) is 0.903. The number of hydrogen-bond donors (Lipinski definition) is 3. The number of nitrogens with one attached hydrogen (secondary N) is 1. The van der Waals surface area contributed by atoms with Crippen LogP contribution in [0.25, 0.3) is 0 Å². The highest BCUT2D eigenvalue weighted by Gasteiger charge is 2.25. The van der Waals surface area contributed by atoms with Gasteiger partial charge < -0.3 is 14.9 Å². The molecule has 0 atom stereocenters. The van der Waals surface area contributed by atoms with E-state index in [1.54, 1.807) is 5.43 Å². The van der Waals surface area contributed by atoms with Crippen molar-refractivity contribution >= 4 is 11.9 Å². The molecule has 5 nitrogen and oxygen atoms in total. The quantitative estimate of drug-likeness (QED) is 0.198. The van der Waals surface area contributed by atoms with E-state index in [9.17, 15) is 32.2 Å². The Hall–Kier alpha value is -3.04. The lowest BCUT2D eigenvalue weighted by atomic mass is 10.2. The molecular weight excluding hydrogens is 339 g/mol. The number of aromatic hydroxyl groups is 2. The molecule has 0 saturated heterocycles. The lowest BCUT2D eigenvalue weighted by molar-refractivity contribution is 0.351. The maximum absolute atomic E-state index is 13.4. The fourth-order valence-electron chi connectivity index (χ4n) is 1.72. The minimum atomic E-state index is -2.28. The first-order chi connectivity index (χ1) is 11.3. The van der Waals surface area contributed by atoms with Crippen molar-refractivity contribution < 1.29 is 36.9 Å². The molecule has 2 rings (SSSR count). The van der Waals surface area contributed by atoms with E-state index in [1.807, 2.05) is 0 Å². The van der Waals surface area contributed by atoms with Crippen LogP contribution in [0.1, 0.15) is 5.56 Å². The van der Waals surface area contributed by atoms with Crippen LogP contribution in [-0.2, 0) is 0 Å². The Bertz CT molecular complexity index is 798. The molecule has 0 unspecified atom stereocenters. The minimum absolute atomic E-state index is 0.110. The third kappa shape index (κ3) is 3.03. The lowest BCUT2D eigenvalue weighted by Gasteiger charge is -2.08. The van der Waals surface area contributed by atoms with Crippen LogP contribution >= 0.6 is 0 Å². The van der Waals surface area contributed by atoms with E-state index < -0.39 is 46.3 Å². The summed E-state index contributed by atoms with van der Waals surface area (Å²) in [6, 6.07) is 2.24. The van der Waals surface area contributed by atoms with Gasteiger partial charge in [0.05, 0.1) is 13.3 Å². The number of phenolic OH excluding ortho intramolecular Hbond substituents is 2. The second-order valence-electron chi connectivity index (χ2n) is 4.41. The van der Waals surface area contributed by atoms with E-state index in [-0.39, 0.29) is 11.3 Å². The molecule has 0 aliphatic heterocycles. The van der Waals surface area contributed by atoms with Crippen LogP contribution in [0.4, 0.5) is 27.6 Å². The molecule has 3 N–H and O–H groups in total. The third-order valence-corrected chi connectivity index (χ3v) is 2.90. The molecule has 24 heavy (non-hydrogen) atoms. The number of rotatable bonds is 4. The molecule has 0 aliphatic carbocycles. The van der Waals surface area contributed by atoms with Gasteiger partial charge in [0.15, 0.2) is 34.8 Å². The number of nitrogens with zero attached hydrogens (tertiary/aromatic N) is 1. The average molecular weight is 348 g/mol. The van der Waals surface area contributed by atoms with Crippen molar-refractivity contribution in [1.82, 2.24) is 0 Å². The smallest absolute Gasteiger partial charge is 0.200 e. The van der Waals surface area contributed by atoms with Crippen molar-refractivity contribution in [2.75, 3.05) is 12.5 Å².